The van der Waals surface area contributed by atoms with Crippen LogP contribution < -0.4 is 9.64 Å². The Kier molecular flexibility index (Phi) is 3.32. The lowest BCUT2D eigenvalue weighted by atomic mass is 10.2. The van der Waals surface area contributed by atoms with Crippen LogP contribution in [0.1, 0.15) is 0 Å². The van der Waals surface area contributed by atoms with Crippen molar-refractivity contribution in [2.75, 3.05) is 19.0 Å². The molecular weight excluding hydrogens is 261 g/mol. The summed E-state index contributed by atoms with van der Waals surface area (Å²) >= 11 is 0. The summed E-state index contributed by atoms with van der Waals surface area (Å²) in [6.07, 6.45) is -4.69. The van der Waals surface area contributed by atoms with E-state index in [-0.39, 0.29) is 5.75 Å². The van der Waals surface area contributed by atoms with Gasteiger partial charge in [-0.25, -0.2) is 0 Å². The van der Waals surface area contributed by atoms with Crippen LogP contribution >= 0.6 is 0 Å². The molecule has 0 bridgehead atoms. The fourth-order valence-electron chi connectivity index (χ4n) is 1.40. The molecule has 5 nitrogen and oxygen atoms in total. The molecule has 0 unspecified atom stereocenters. The second kappa shape index (κ2) is 4.79. The van der Waals surface area contributed by atoms with Crippen molar-refractivity contribution in [2.24, 2.45) is 0 Å². The summed E-state index contributed by atoms with van der Waals surface area (Å²) in [7, 11) is 3.57. The molecule has 0 amide bonds. The summed E-state index contributed by atoms with van der Waals surface area (Å²) < 4.78 is 39.8. The van der Waals surface area contributed by atoms with Gasteiger partial charge in [0.15, 0.2) is 5.82 Å². The number of benzene rings is 1. The van der Waals surface area contributed by atoms with E-state index in [4.69, 9.17) is 0 Å². The summed E-state index contributed by atoms with van der Waals surface area (Å²) in [5.41, 5.74) is 0.620. The highest BCUT2D eigenvalue weighted by molar-refractivity contribution is 5.57. The van der Waals surface area contributed by atoms with Crippen LogP contribution in [0, 0.1) is 0 Å². The molecule has 19 heavy (non-hydrogen) atoms. The fourth-order valence-corrected chi connectivity index (χ4v) is 1.40. The molecule has 1 N–H and O–H groups in total. The van der Waals surface area contributed by atoms with E-state index in [9.17, 15) is 13.2 Å². The third-order valence-electron chi connectivity index (χ3n) is 2.23. The van der Waals surface area contributed by atoms with E-state index < -0.39 is 6.36 Å². The van der Waals surface area contributed by atoms with Crippen LogP contribution in [-0.2, 0) is 0 Å². The maximum absolute atomic E-state index is 12.0. The molecule has 0 saturated carbocycles. The molecule has 0 aliphatic carbocycles. The Hall–Kier alpha value is -2.25. The van der Waals surface area contributed by atoms with Crippen molar-refractivity contribution < 1.29 is 17.9 Å². The highest BCUT2D eigenvalue weighted by Crippen LogP contribution is 2.25. The molecule has 2 rings (SSSR count). The number of aromatic nitrogens is 3. The first-order valence-corrected chi connectivity index (χ1v) is 5.31. The minimum Gasteiger partial charge on any atom is -0.406 e. The number of halogens is 3. The predicted molar refractivity (Wildman–Crippen MR) is 62.8 cm³/mol. The molecule has 0 fully saturated rings. The molecule has 8 heteroatoms. The molecule has 1 heterocycles. The van der Waals surface area contributed by atoms with Gasteiger partial charge in [-0.05, 0) is 24.3 Å². The Bertz CT molecular complexity index is 548. The molecule has 1 aromatic carbocycles. The SMILES string of the molecule is CN(C)c1n[nH]c(-c2ccc(OC(F)(F)F)cc2)n1. The zero-order valence-electron chi connectivity index (χ0n) is 10.2. The molecule has 2 aromatic rings. The molecular formula is C11H11F3N4O. The van der Waals surface area contributed by atoms with Gasteiger partial charge < -0.3 is 9.64 Å². The standard InChI is InChI=1S/C11H11F3N4O/c1-18(2)10-15-9(16-17-10)7-3-5-8(6-4-7)19-11(12,13)14/h3-6H,1-2H3,(H,15,16,17). The fraction of sp³-hybridized carbons (Fsp3) is 0.273. The van der Waals surface area contributed by atoms with Crippen LogP contribution in [0.5, 0.6) is 5.75 Å². The van der Waals surface area contributed by atoms with Gasteiger partial charge in [-0.3, -0.25) is 5.10 Å². The maximum atomic E-state index is 12.0. The Morgan fingerprint density at radius 2 is 1.79 bits per heavy atom. The van der Waals surface area contributed by atoms with Crippen molar-refractivity contribution in [2.45, 2.75) is 6.36 Å². The second-order valence-corrected chi connectivity index (χ2v) is 3.95. The summed E-state index contributed by atoms with van der Waals surface area (Å²) in [6.45, 7) is 0. The predicted octanol–water partition coefficient (Wildman–Crippen LogP) is 2.44. The highest BCUT2D eigenvalue weighted by atomic mass is 19.4. The summed E-state index contributed by atoms with van der Waals surface area (Å²) in [5.74, 6) is 0.691. The number of nitrogens with one attached hydrogen (secondary N) is 1. The number of H-pyrrole nitrogens is 1. The molecule has 0 spiro atoms. The zero-order chi connectivity index (χ0) is 14.0. The third-order valence-corrected chi connectivity index (χ3v) is 2.23. The van der Waals surface area contributed by atoms with Gasteiger partial charge in [-0.1, -0.05) is 0 Å². The van der Waals surface area contributed by atoms with E-state index in [0.717, 1.165) is 0 Å². The smallest absolute Gasteiger partial charge is 0.406 e. The number of hydrogen-bond donors (Lipinski definition) is 1. The lowest BCUT2D eigenvalue weighted by molar-refractivity contribution is -0.274. The van der Waals surface area contributed by atoms with Crippen molar-refractivity contribution in [3.63, 3.8) is 0 Å². The molecule has 102 valence electrons. The zero-order valence-corrected chi connectivity index (χ0v) is 10.2. The number of alkyl halides is 3. The monoisotopic (exact) mass is 272 g/mol. The van der Waals surface area contributed by atoms with Crippen LogP contribution in [0.3, 0.4) is 0 Å². The largest absolute Gasteiger partial charge is 0.573 e. The van der Waals surface area contributed by atoms with Crippen molar-refractivity contribution in [3.8, 4) is 17.1 Å². The summed E-state index contributed by atoms with van der Waals surface area (Å²) in [6, 6.07) is 5.39. The molecule has 0 saturated heterocycles. The number of aromatic amines is 1. The van der Waals surface area contributed by atoms with Crippen molar-refractivity contribution >= 4 is 5.95 Å². The topological polar surface area (TPSA) is 54.0 Å². The van der Waals surface area contributed by atoms with Gasteiger partial charge in [-0.15, -0.1) is 18.3 Å². The van der Waals surface area contributed by atoms with Crippen LogP contribution in [0.25, 0.3) is 11.4 Å². The first-order valence-electron chi connectivity index (χ1n) is 5.31. The average Bonchev–Trinajstić information content (AvgIpc) is 2.77. The average molecular weight is 272 g/mol. The summed E-state index contributed by atoms with van der Waals surface area (Å²) in [4.78, 5) is 5.89. The number of anilines is 1. The highest BCUT2D eigenvalue weighted by Gasteiger charge is 2.30. The van der Waals surface area contributed by atoms with Gasteiger partial charge >= 0.3 is 6.36 Å². The quantitative estimate of drug-likeness (QED) is 0.932. The molecule has 0 aliphatic rings. The third kappa shape index (κ3) is 3.36. The number of rotatable bonds is 3. The first kappa shape index (κ1) is 13.2. The Balaban J connectivity index is 2.17. The Labute approximate surface area is 107 Å². The Morgan fingerprint density at radius 1 is 1.16 bits per heavy atom. The van der Waals surface area contributed by atoms with E-state index in [2.05, 4.69) is 19.9 Å². The van der Waals surface area contributed by atoms with Crippen molar-refractivity contribution in [1.29, 1.82) is 0 Å². The van der Waals surface area contributed by atoms with Crippen molar-refractivity contribution in [1.82, 2.24) is 15.2 Å². The minimum absolute atomic E-state index is 0.274. The lowest BCUT2D eigenvalue weighted by Gasteiger charge is -2.08. The Morgan fingerprint density at radius 3 is 2.26 bits per heavy atom. The number of hydrogen-bond acceptors (Lipinski definition) is 4. The number of ether oxygens (including phenoxy) is 1. The van der Waals surface area contributed by atoms with E-state index >= 15 is 0 Å². The maximum Gasteiger partial charge on any atom is 0.573 e. The lowest BCUT2D eigenvalue weighted by Crippen LogP contribution is -2.16. The van der Waals surface area contributed by atoms with Gasteiger partial charge in [-0.2, -0.15) is 4.98 Å². The van der Waals surface area contributed by atoms with Gasteiger partial charge in [0.2, 0.25) is 5.95 Å². The van der Waals surface area contributed by atoms with Gasteiger partial charge in [0.1, 0.15) is 5.75 Å². The van der Waals surface area contributed by atoms with Gasteiger partial charge in [0.05, 0.1) is 0 Å². The van der Waals surface area contributed by atoms with E-state index in [1.54, 1.807) is 19.0 Å². The van der Waals surface area contributed by atoms with Crippen LogP contribution in [0.15, 0.2) is 24.3 Å². The minimum atomic E-state index is -4.69. The van der Waals surface area contributed by atoms with Crippen LogP contribution in [0.4, 0.5) is 19.1 Å². The van der Waals surface area contributed by atoms with E-state index in [0.29, 0.717) is 17.3 Å². The normalized spacial score (nSPS) is 11.4. The first-order chi connectivity index (χ1) is 8.85. The van der Waals surface area contributed by atoms with E-state index in [1.165, 1.54) is 24.3 Å². The van der Waals surface area contributed by atoms with Gasteiger partial charge in [0, 0.05) is 19.7 Å². The summed E-state index contributed by atoms with van der Waals surface area (Å²) in [5, 5.41) is 6.66. The van der Waals surface area contributed by atoms with Crippen LogP contribution in [-0.4, -0.2) is 35.6 Å². The van der Waals surface area contributed by atoms with Crippen LogP contribution in [0.2, 0.25) is 0 Å². The molecule has 0 aliphatic heterocycles. The van der Waals surface area contributed by atoms with E-state index in [1.807, 2.05) is 0 Å². The number of nitrogens with zero attached hydrogens (tertiary/aromatic N) is 3. The molecule has 0 radical (unpaired) electrons. The second-order valence-electron chi connectivity index (χ2n) is 3.95. The molecule has 0 atom stereocenters. The van der Waals surface area contributed by atoms with Gasteiger partial charge in [0.25, 0.3) is 0 Å². The van der Waals surface area contributed by atoms with Crippen molar-refractivity contribution in [3.05, 3.63) is 24.3 Å². The molecule has 1 aromatic heterocycles.